The highest BCUT2D eigenvalue weighted by molar-refractivity contribution is 5.85. The molecule has 1 rings (SSSR count). The highest BCUT2D eigenvalue weighted by Crippen LogP contribution is 2.19. The number of rotatable bonds is 5. The predicted octanol–water partition coefficient (Wildman–Crippen LogP) is 2.66. The maximum Gasteiger partial charge on any atom is 0.224 e. The van der Waals surface area contributed by atoms with Gasteiger partial charge in [-0.2, -0.15) is 0 Å². The molecule has 4 heteroatoms. The van der Waals surface area contributed by atoms with Crippen LogP contribution in [0.25, 0.3) is 0 Å². The van der Waals surface area contributed by atoms with Crippen LogP contribution in [-0.4, -0.2) is 11.9 Å². The summed E-state index contributed by atoms with van der Waals surface area (Å²) in [5, 5.41) is 2.96. The molecule has 0 saturated heterocycles. The Morgan fingerprint density at radius 2 is 1.83 bits per heavy atom. The fraction of sp³-hybridized carbons (Fsp3) is 0.500. The molecule has 102 valence electrons. The normalized spacial score (nSPS) is 15.1. The number of nitrogens with two attached hydrogens (primary N) is 1. The lowest BCUT2D eigenvalue weighted by atomic mass is 9.94. The Morgan fingerprint density at radius 3 is 2.33 bits per heavy atom. The Balaban J connectivity index is 0.00000289. The lowest BCUT2D eigenvalue weighted by Crippen LogP contribution is -2.39. The van der Waals surface area contributed by atoms with Gasteiger partial charge >= 0.3 is 0 Å². The molecular weight excluding hydrogens is 248 g/mol. The summed E-state index contributed by atoms with van der Waals surface area (Å²) in [5.41, 5.74) is 7.10. The van der Waals surface area contributed by atoms with Crippen LogP contribution < -0.4 is 11.1 Å². The molecule has 1 aromatic rings. The van der Waals surface area contributed by atoms with Crippen LogP contribution in [0.1, 0.15) is 38.8 Å². The summed E-state index contributed by atoms with van der Waals surface area (Å²) in [6.45, 7) is 5.92. The molecule has 0 aliphatic heterocycles. The molecule has 0 bridgehead atoms. The minimum atomic E-state index is -0.250. The molecule has 0 aliphatic rings. The first-order chi connectivity index (χ1) is 8.06. The largest absolute Gasteiger partial charge is 0.353 e. The van der Waals surface area contributed by atoms with Gasteiger partial charge < -0.3 is 11.1 Å². The third-order valence-corrected chi connectivity index (χ3v) is 3.14. The number of hydrogen-bond acceptors (Lipinski definition) is 2. The van der Waals surface area contributed by atoms with Gasteiger partial charge in [0.05, 0.1) is 5.92 Å². The van der Waals surface area contributed by atoms with Crippen molar-refractivity contribution in [3.05, 3.63) is 35.9 Å². The van der Waals surface area contributed by atoms with Crippen LogP contribution in [0.4, 0.5) is 0 Å². The van der Waals surface area contributed by atoms with Gasteiger partial charge in [-0.1, -0.05) is 44.2 Å². The molecule has 18 heavy (non-hydrogen) atoms. The maximum atomic E-state index is 11.9. The van der Waals surface area contributed by atoms with Crippen molar-refractivity contribution in [3.63, 3.8) is 0 Å². The van der Waals surface area contributed by atoms with Gasteiger partial charge in [-0.25, -0.2) is 0 Å². The predicted molar refractivity (Wildman–Crippen MR) is 77.7 cm³/mol. The van der Waals surface area contributed by atoms with E-state index in [4.69, 9.17) is 5.73 Å². The van der Waals surface area contributed by atoms with E-state index in [9.17, 15) is 4.79 Å². The average molecular weight is 271 g/mol. The van der Waals surface area contributed by atoms with Crippen LogP contribution >= 0.6 is 12.4 Å². The molecule has 1 amide bonds. The zero-order chi connectivity index (χ0) is 12.8. The first kappa shape index (κ1) is 16.9. The zero-order valence-corrected chi connectivity index (χ0v) is 12.0. The van der Waals surface area contributed by atoms with Crippen molar-refractivity contribution in [2.75, 3.05) is 0 Å². The standard InChI is InChI=1S/C14H22N2O.ClH/c1-4-10(2)16-14(17)11(3)13(15)12-8-6-5-7-9-12;/h5-11,13H,4,15H2,1-3H3,(H,16,17);1H. The average Bonchev–Trinajstić information content (AvgIpc) is 2.37. The van der Waals surface area contributed by atoms with E-state index in [0.29, 0.717) is 0 Å². The quantitative estimate of drug-likeness (QED) is 0.864. The van der Waals surface area contributed by atoms with Crippen molar-refractivity contribution < 1.29 is 4.79 Å². The van der Waals surface area contributed by atoms with Crippen LogP contribution in [0, 0.1) is 5.92 Å². The van der Waals surface area contributed by atoms with E-state index in [1.54, 1.807) is 0 Å². The fourth-order valence-electron chi connectivity index (χ4n) is 1.60. The summed E-state index contributed by atoms with van der Waals surface area (Å²) in [5.74, 6) is -0.192. The van der Waals surface area contributed by atoms with Crippen LogP contribution in [0.5, 0.6) is 0 Å². The Labute approximate surface area is 116 Å². The van der Waals surface area contributed by atoms with Gasteiger partial charge in [0, 0.05) is 12.1 Å². The van der Waals surface area contributed by atoms with E-state index in [2.05, 4.69) is 5.32 Å². The van der Waals surface area contributed by atoms with E-state index < -0.39 is 0 Å². The van der Waals surface area contributed by atoms with E-state index in [-0.39, 0.29) is 36.3 Å². The lowest BCUT2D eigenvalue weighted by Gasteiger charge is -2.21. The summed E-state index contributed by atoms with van der Waals surface area (Å²) < 4.78 is 0. The van der Waals surface area contributed by atoms with E-state index >= 15 is 0 Å². The maximum absolute atomic E-state index is 11.9. The fourth-order valence-corrected chi connectivity index (χ4v) is 1.60. The second-order valence-corrected chi connectivity index (χ2v) is 4.54. The van der Waals surface area contributed by atoms with E-state index in [1.165, 1.54) is 0 Å². The Hall–Kier alpha value is -1.06. The molecule has 3 nitrogen and oxygen atoms in total. The van der Waals surface area contributed by atoms with Gasteiger partial charge in [0.25, 0.3) is 0 Å². The number of halogens is 1. The molecule has 1 aromatic carbocycles. The van der Waals surface area contributed by atoms with Crippen molar-refractivity contribution in [1.29, 1.82) is 0 Å². The molecule has 0 heterocycles. The molecule has 3 unspecified atom stereocenters. The van der Waals surface area contributed by atoms with Crippen molar-refractivity contribution >= 4 is 18.3 Å². The Morgan fingerprint density at radius 1 is 1.28 bits per heavy atom. The molecule has 0 radical (unpaired) electrons. The van der Waals surface area contributed by atoms with Gasteiger partial charge in [-0.3, -0.25) is 4.79 Å². The Kier molecular flexibility index (Phi) is 7.64. The molecule has 0 aromatic heterocycles. The smallest absolute Gasteiger partial charge is 0.224 e. The summed E-state index contributed by atoms with van der Waals surface area (Å²) in [7, 11) is 0. The van der Waals surface area contributed by atoms with Gasteiger partial charge in [0.2, 0.25) is 5.91 Å². The highest BCUT2D eigenvalue weighted by atomic mass is 35.5. The summed E-state index contributed by atoms with van der Waals surface area (Å²) in [6.07, 6.45) is 0.930. The highest BCUT2D eigenvalue weighted by Gasteiger charge is 2.22. The Bertz CT molecular complexity index is 356. The van der Waals surface area contributed by atoms with Crippen molar-refractivity contribution in [1.82, 2.24) is 5.32 Å². The van der Waals surface area contributed by atoms with Crippen molar-refractivity contribution in [3.8, 4) is 0 Å². The van der Waals surface area contributed by atoms with E-state index in [0.717, 1.165) is 12.0 Å². The lowest BCUT2D eigenvalue weighted by molar-refractivity contribution is -0.125. The molecule has 0 fully saturated rings. The number of carbonyl (C=O) groups excluding carboxylic acids is 1. The monoisotopic (exact) mass is 270 g/mol. The van der Waals surface area contributed by atoms with Crippen LogP contribution in [0.15, 0.2) is 30.3 Å². The van der Waals surface area contributed by atoms with Crippen molar-refractivity contribution in [2.45, 2.75) is 39.3 Å². The minimum Gasteiger partial charge on any atom is -0.353 e. The van der Waals surface area contributed by atoms with Crippen LogP contribution in [0.2, 0.25) is 0 Å². The topological polar surface area (TPSA) is 55.1 Å². The third-order valence-electron chi connectivity index (χ3n) is 3.14. The molecule has 0 saturated carbocycles. The molecule has 3 N–H and O–H groups in total. The minimum absolute atomic E-state index is 0. The number of nitrogens with one attached hydrogen (secondary N) is 1. The first-order valence-corrected chi connectivity index (χ1v) is 6.17. The van der Waals surface area contributed by atoms with Gasteiger partial charge in [-0.15, -0.1) is 12.4 Å². The number of carbonyl (C=O) groups is 1. The molecular formula is C14H23ClN2O. The van der Waals surface area contributed by atoms with Crippen LogP contribution in [-0.2, 0) is 4.79 Å². The number of benzene rings is 1. The number of hydrogen-bond donors (Lipinski definition) is 2. The van der Waals surface area contributed by atoms with Crippen molar-refractivity contribution in [2.24, 2.45) is 11.7 Å². The second kappa shape index (κ2) is 8.11. The third kappa shape index (κ3) is 4.67. The number of amides is 1. The van der Waals surface area contributed by atoms with E-state index in [1.807, 2.05) is 51.1 Å². The zero-order valence-electron chi connectivity index (χ0n) is 11.2. The second-order valence-electron chi connectivity index (χ2n) is 4.54. The summed E-state index contributed by atoms with van der Waals surface area (Å²) >= 11 is 0. The molecule has 0 aliphatic carbocycles. The van der Waals surface area contributed by atoms with Gasteiger partial charge in [0.1, 0.15) is 0 Å². The summed E-state index contributed by atoms with van der Waals surface area (Å²) in [6, 6.07) is 9.69. The SMILES string of the molecule is CCC(C)NC(=O)C(C)C(N)c1ccccc1.Cl. The first-order valence-electron chi connectivity index (χ1n) is 6.17. The van der Waals surface area contributed by atoms with Crippen LogP contribution in [0.3, 0.4) is 0 Å². The van der Waals surface area contributed by atoms with Gasteiger partial charge in [-0.05, 0) is 18.9 Å². The summed E-state index contributed by atoms with van der Waals surface area (Å²) in [4.78, 5) is 11.9. The van der Waals surface area contributed by atoms with Gasteiger partial charge in [0.15, 0.2) is 0 Å². The molecule has 3 atom stereocenters. The molecule has 0 spiro atoms.